The number of rotatable bonds is 4. The maximum Gasteiger partial charge on any atom is 0.125 e. The van der Waals surface area contributed by atoms with E-state index in [9.17, 15) is 0 Å². The van der Waals surface area contributed by atoms with Crippen LogP contribution < -0.4 is 10.5 Å². The molecule has 0 aliphatic carbocycles. The van der Waals surface area contributed by atoms with Crippen LogP contribution in [-0.2, 0) is 6.61 Å². The number of hydrogen-bond acceptors (Lipinski definition) is 4. The van der Waals surface area contributed by atoms with Crippen molar-refractivity contribution in [3.05, 3.63) is 44.8 Å². The zero-order valence-corrected chi connectivity index (χ0v) is 11.8. The van der Waals surface area contributed by atoms with Crippen LogP contribution >= 0.6 is 27.3 Å². The minimum Gasteiger partial charge on any atom is -0.488 e. The van der Waals surface area contributed by atoms with Gasteiger partial charge in [0.15, 0.2) is 0 Å². The third-order valence-electron chi connectivity index (χ3n) is 2.32. The molecule has 2 aromatic rings. The molecule has 17 heavy (non-hydrogen) atoms. The third-order valence-corrected chi connectivity index (χ3v) is 3.57. The first-order valence-electron chi connectivity index (χ1n) is 5.22. The molecule has 1 heterocycles. The normalized spacial score (nSPS) is 12.4. The summed E-state index contributed by atoms with van der Waals surface area (Å²) in [4.78, 5) is 5.11. The van der Waals surface area contributed by atoms with Crippen molar-refractivity contribution in [2.75, 3.05) is 0 Å². The minimum absolute atomic E-state index is 0.0421. The topological polar surface area (TPSA) is 48.1 Å². The highest BCUT2D eigenvalue weighted by molar-refractivity contribution is 9.10. The molecule has 5 heteroatoms. The van der Waals surface area contributed by atoms with Crippen LogP contribution in [0, 0.1) is 0 Å². The van der Waals surface area contributed by atoms with Crippen LogP contribution in [0.3, 0.4) is 0 Å². The number of hydrogen-bond donors (Lipinski definition) is 1. The van der Waals surface area contributed by atoms with Crippen LogP contribution in [0.1, 0.15) is 23.4 Å². The Balaban J connectivity index is 2.16. The second-order valence-corrected chi connectivity index (χ2v) is 5.61. The van der Waals surface area contributed by atoms with E-state index >= 15 is 0 Å². The molecule has 0 spiro atoms. The van der Waals surface area contributed by atoms with Gasteiger partial charge in [-0.25, -0.2) is 0 Å². The summed E-state index contributed by atoms with van der Waals surface area (Å²) in [5.41, 5.74) is 8.72. The van der Waals surface area contributed by atoms with E-state index in [4.69, 9.17) is 10.5 Å². The quantitative estimate of drug-likeness (QED) is 0.940. The molecule has 0 aliphatic heterocycles. The van der Waals surface area contributed by atoms with Crippen molar-refractivity contribution in [1.29, 1.82) is 0 Å². The zero-order chi connectivity index (χ0) is 12.3. The van der Waals surface area contributed by atoms with Gasteiger partial charge in [0.25, 0.3) is 0 Å². The Kier molecular flexibility index (Phi) is 4.15. The highest BCUT2D eigenvalue weighted by Crippen LogP contribution is 2.28. The number of nitrogens with two attached hydrogens (primary N) is 1. The predicted octanol–water partition coefficient (Wildman–Crippen LogP) is 3.50. The Labute approximate surface area is 113 Å². The highest BCUT2D eigenvalue weighted by Gasteiger charge is 2.09. The van der Waals surface area contributed by atoms with E-state index < -0.39 is 0 Å². The Hall–Kier alpha value is -0.910. The van der Waals surface area contributed by atoms with Gasteiger partial charge in [0.1, 0.15) is 12.4 Å². The summed E-state index contributed by atoms with van der Waals surface area (Å²) >= 11 is 5.02. The monoisotopic (exact) mass is 312 g/mol. The third kappa shape index (κ3) is 3.28. The number of aromatic nitrogens is 1. The molecule has 0 radical (unpaired) electrons. The van der Waals surface area contributed by atoms with Gasteiger partial charge in [-0.3, -0.25) is 4.98 Å². The van der Waals surface area contributed by atoms with Crippen LogP contribution in [-0.4, -0.2) is 4.98 Å². The average molecular weight is 313 g/mol. The molecule has 0 amide bonds. The van der Waals surface area contributed by atoms with Crippen molar-refractivity contribution < 1.29 is 4.74 Å². The van der Waals surface area contributed by atoms with Gasteiger partial charge in [-0.05, 0) is 19.1 Å². The fraction of sp³-hybridized carbons (Fsp3) is 0.250. The summed E-state index contributed by atoms with van der Waals surface area (Å²) in [7, 11) is 0. The number of halogens is 1. The fourth-order valence-electron chi connectivity index (χ4n) is 1.47. The summed E-state index contributed by atoms with van der Waals surface area (Å²) in [5.74, 6) is 0.822. The van der Waals surface area contributed by atoms with Gasteiger partial charge in [0.2, 0.25) is 0 Å². The molecule has 3 nitrogen and oxygen atoms in total. The molecule has 1 aromatic carbocycles. The van der Waals surface area contributed by atoms with Crippen LogP contribution in [0.4, 0.5) is 0 Å². The van der Waals surface area contributed by atoms with Crippen molar-refractivity contribution in [3.8, 4) is 5.75 Å². The summed E-state index contributed by atoms with van der Waals surface area (Å²) in [6.45, 7) is 2.48. The van der Waals surface area contributed by atoms with E-state index in [0.717, 1.165) is 20.7 Å². The number of ether oxygens (including phenoxy) is 1. The van der Waals surface area contributed by atoms with Crippen molar-refractivity contribution in [1.82, 2.24) is 4.98 Å². The van der Waals surface area contributed by atoms with Crippen LogP contribution in [0.15, 0.2) is 34.4 Å². The second kappa shape index (κ2) is 5.62. The first-order valence-corrected chi connectivity index (χ1v) is 6.89. The van der Waals surface area contributed by atoms with Crippen LogP contribution in [0.2, 0.25) is 0 Å². The van der Waals surface area contributed by atoms with E-state index in [0.29, 0.717) is 6.61 Å². The molecule has 0 aliphatic rings. The largest absolute Gasteiger partial charge is 0.488 e. The number of nitrogens with zero attached hydrogens (tertiary/aromatic N) is 1. The Morgan fingerprint density at radius 1 is 1.53 bits per heavy atom. The van der Waals surface area contributed by atoms with Crippen molar-refractivity contribution in [2.45, 2.75) is 19.6 Å². The summed E-state index contributed by atoms with van der Waals surface area (Å²) < 4.78 is 6.77. The molecular weight excluding hydrogens is 300 g/mol. The van der Waals surface area contributed by atoms with Gasteiger partial charge in [0, 0.05) is 22.3 Å². The molecule has 0 fully saturated rings. The van der Waals surface area contributed by atoms with Crippen molar-refractivity contribution in [3.63, 3.8) is 0 Å². The van der Waals surface area contributed by atoms with E-state index in [2.05, 4.69) is 20.9 Å². The number of benzene rings is 1. The summed E-state index contributed by atoms with van der Waals surface area (Å²) in [6.07, 6.45) is 1.81. The molecule has 0 bridgehead atoms. The summed E-state index contributed by atoms with van der Waals surface area (Å²) in [5, 5.41) is 0. The molecule has 0 unspecified atom stereocenters. The average Bonchev–Trinajstić information content (AvgIpc) is 2.78. The zero-order valence-electron chi connectivity index (χ0n) is 9.39. The van der Waals surface area contributed by atoms with Crippen LogP contribution in [0.25, 0.3) is 0 Å². The van der Waals surface area contributed by atoms with Gasteiger partial charge in [-0.2, -0.15) is 0 Å². The molecule has 0 saturated heterocycles. The summed E-state index contributed by atoms with van der Waals surface area (Å²) in [6, 6.07) is 5.86. The van der Waals surface area contributed by atoms with Crippen molar-refractivity contribution >= 4 is 27.3 Å². The lowest BCUT2D eigenvalue weighted by Crippen LogP contribution is -2.07. The second-order valence-electron chi connectivity index (χ2n) is 3.73. The van der Waals surface area contributed by atoms with Gasteiger partial charge >= 0.3 is 0 Å². The SMILES string of the molecule is C[C@H](N)c1ccc(Br)cc1OCc1cncs1. The Morgan fingerprint density at radius 2 is 2.35 bits per heavy atom. The molecule has 0 saturated carbocycles. The first kappa shape index (κ1) is 12.5. The highest BCUT2D eigenvalue weighted by atomic mass is 79.9. The Morgan fingerprint density at radius 3 is 3.00 bits per heavy atom. The van der Waals surface area contributed by atoms with Gasteiger partial charge in [0.05, 0.1) is 10.4 Å². The van der Waals surface area contributed by atoms with Gasteiger partial charge < -0.3 is 10.5 Å². The van der Waals surface area contributed by atoms with E-state index in [-0.39, 0.29) is 6.04 Å². The number of thiazole rings is 1. The maximum absolute atomic E-state index is 5.91. The van der Waals surface area contributed by atoms with Gasteiger partial charge in [-0.15, -0.1) is 11.3 Å². The van der Waals surface area contributed by atoms with E-state index in [1.807, 2.05) is 31.3 Å². The molecule has 90 valence electrons. The molecule has 1 atom stereocenters. The molecular formula is C12H13BrN2OS. The lowest BCUT2D eigenvalue weighted by atomic mass is 10.1. The Bertz CT molecular complexity index is 485. The molecule has 2 rings (SSSR count). The molecule has 1 aromatic heterocycles. The first-order chi connectivity index (χ1) is 8.16. The standard InChI is InChI=1S/C12H13BrN2OS/c1-8(14)11-3-2-9(13)4-12(11)16-6-10-5-15-7-17-10/h2-5,7-8H,6,14H2,1H3/t8-/m0/s1. The molecule has 2 N–H and O–H groups in total. The van der Waals surface area contributed by atoms with Gasteiger partial charge in [-0.1, -0.05) is 22.0 Å². The minimum atomic E-state index is -0.0421. The van der Waals surface area contributed by atoms with Crippen LogP contribution in [0.5, 0.6) is 5.75 Å². The van der Waals surface area contributed by atoms with E-state index in [1.165, 1.54) is 0 Å². The lowest BCUT2D eigenvalue weighted by molar-refractivity contribution is 0.304. The van der Waals surface area contributed by atoms with Crippen molar-refractivity contribution in [2.24, 2.45) is 5.73 Å². The van der Waals surface area contributed by atoms with E-state index in [1.54, 1.807) is 16.8 Å². The fourth-order valence-corrected chi connectivity index (χ4v) is 2.32. The smallest absolute Gasteiger partial charge is 0.125 e. The predicted molar refractivity (Wildman–Crippen MR) is 73.2 cm³/mol. The lowest BCUT2D eigenvalue weighted by Gasteiger charge is -2.13. The maximum atomic E-state index is 5.91.